The van der Waals surface area contributed by atoms with E-state index in [0.717, 1.165) is 9.87 Å². The lowest BCUT2D eigenvalue weighted by molar-refractivity contribution is -0.140. The fourth-order valence-corrected chi connectivity index (χ4v) is 5.90. The fraction of sp³-hybridized carbons (Fsp3) is 0.355. The van der Waals surface area contributed by atoms with E-state index in [4.69, 9.17) is 21.1 Å². The second-order valence-corrected chi connectivity index (χ2v) is 12.8. The molecule has 0 aliphatic carbocycles. The Labute approximate surface area is 252 Å². The molecule has 0 aromatic heterocycles. The van der Waals surface area contributed by atoms with Crippen LogP contribution in [-0.2, 0) is 32.6 Å². The van der Waals surface area contributed by atoms with Gasteiger partial charge in [-0.1, -0.05) is 60.1 Å². The van der Waals surface area contributed by atoms with Crippen LogP contribution in [0.25, 0.3) is 0 Å². The molecule has 224 valence electrons. The maximum atomic E-state index is 14.3. The first-order valence-electron chi connectivity index (χ1n) is 13.9. The van der Waals surface area contributed by atoms with Gasteiger partial charge in [-0.15, -0.1) is 0 Å². The molecule has 0 saturated carbocycles. The third kappa shape index (κ3) is 7.74. The van der Waals surface area contributed by atoms with Gasteiger partial charge in [0.05, 0.1) is 11.4 Å². The third-order valence-corrected chi connectivity index (χ3v) is 8.90. The number of carbonyl (C=O) groups is 2. The van der Waals surface area contributed by atoms with Crippen LogP contribution in [0.5, 0.6) is 11.5 Å². The van der Waals surface area contributed by atoms with Crippen molar-refractivity contribution in [1.29, 1.82) is 0 Å². The van der Waals surface area contributed by atoms with Gasteiger partial charge in [0.15, 0.2) is 11.5 Å². The van der Waals surface area contributed by atoms with Crippen LogP contribution < -0.4 is 19.1 Å². The van der Waals surface area contributed by atoms with Gasteiger partial charge in [0.2, 0.25) is 21.8 Å². The lowest BCUT2D eigenvalue weighted by Gasteiger charge is -2.34. The van der Waals surface area contributed by atoms with Crippen molar-refractivity contribution in [2.45, 2.75) is 45.8 Å². The normalized spacial score (nSPS) is 13.4. The third-order valence-electron chi connectivity index (χ3n) is 6.79. The number of anilines is 1. The van der Waals surface area contributed by atoms with Gasteiger partial charge in [0, 0.05) is 30.1 Å². The molecule has 2 amide bonds. The van der Waals surface area contributed by atoms with Crippen LogP contribution in [0.15, 0.2) is 72.8 Å². The SMILES string of the molecule is CCS(=O)(=O)N(CC(=O)N(Cc1ccccc1Cl)[C@H](Cc1ccccc1)C(=O)NC(C)C)c1ccc2c(c1)OCCO2. The predicted octanol–water partition coefficient (Wildman–Crippen LogP) is 4.43. The van der Waals surface area contributed by atoms with Gasteiger partial charge in [-0.3, -0.25) is 13.9 Å². The smallest absolute Gasteiger partial charge is 0.244 e. The number of sulfonamides is 1. The number of hydrogen-bond acceptors (Lipinski definition) is 6. The van der Waals surface area contributed by atoms with E-state index in [0.29, 0.717) is 35.3 Å². The van der Waals surface area contributed by atoms with E-state index in [1.165, 1.54) is 11.8 Å². The molecule has 1 N–H and O–H groups in total. The summed E-state index contributed by atoms with van der Waals surface area (Å²) in [6.45, 7) is 5.39. The van der Waals surface area contributed by atoms with Crippen molar-refractivity contribution in [3.63, 3.8) is 0 Å². The van der Waals surface area contributed by atoms with Crippen LogP contribution in [0.4, 0.5) is 5.69 Å². The van der Waals surface area contributed by atoms with E-state index in [1.807, 2.05) is 44.2 Å². The molecule has 3 aromatic carbocycles. The quantitative estimate of drug-likeness (QED) is 0.324. The number of carbonyl (C=O) groups excluding carboxylic acids is 2. The van der Waals surface area contributed by atoms with E-state index in [-0.39, 0.29) is 36.4 Å². The fourth-order valence-electron chi connectivity index (χ4n) is 4.65. The monoisotopic (exact) mass is 613 g/mol. The van der Waals surface area contributed by atoms with Crippen molar-refractivity contribution in [3.8, 4) is 11.5 Å². The van der Waals surface area contributed by atoms with Crippen LogP contribution >= 0.6 is 11.6 Å². The molecule has 42 heavy (non-hydrogen) atoms. The number of nitrogens with one attached hydrogen (secondary N) is 1. The number of benzene rings is 3. The first-order chi connectivity index (χ1) is 20.1. The lowest BCUT2D eigenvalue weighted by Crippen LogP contribution is -2.54. The van der Waals surface area contributed by atoms with Crippen molar-refractivity contribution < 1.29 is 27.5 Å². The molecular weight excluding hydrogens is 578 g/mol. The number of halogens is 1. The standard InChI is InChI=1S/C31H36ClN3O6S/c1-4-42(38,39)35(25-14-15-28-29(19-25)41-17-16-40-28)21-30(36)34(20-24-12-8-9-13-26(24)32)27(31(37)33-22(2)3)18-23-10-6-5-7-11-23/h5-15,19,22,27H,4,16-18,20-21H2,1-3H3,(H,33,37)/t27-/m1/s1. The first kappa shape index (κ1) is 31.2. The summed E-state index contributed by atoms with van der Waals surface area (Å²) in [6, 6.07) is 20.1. The van der Waals surface area contributed by atoms with Gasteiger partial charge in [0.1, 0.15) is 25.8 Å². The number of hydrogen-bond donors (Lipinski definition) is 1. The number of amides is 2. The Balaban J connectivity index is 1.76. The summed E-state index contributed by atoms with van der Waals surface area (Å²) in [7, 11) is -3.91. The molecule has 1 aliphatic rings. The minimum Gasteiger partial charge on any atom is -0.486 e. The topological polar surface area (TPSA) is 105 Å². The Morgan fingerprint density at radius 3 is 2.29 bits per heavy atom. The molecule has 1 heterocycles. The highest BCUT2D eigenvalue weighted by molar-refractivity contribution is 7.92. The van der Waals surface area contributed by atoms with Gasteiger partial charge in [-0.05, 0) is 50.1 Å². The molecular formula is C31H36ClN3O6S. The summed E-state index contributed by atoms with van der Waals surface area (Å²) in [4.78, 5) is 29.3. The number of rotatable bonds is 12. The Kier molecular flexibility index (Phi) is 10.3. The Hall–Kier alpha value is -3.76. The molecule has 0 saturated heterocycles. The van der Waals surface area contributed by atoms with Crippen LogP contribution in [0.3, 0.4) is 0 Å². The van der Waals surface area contributed by atoms with Gasteiger partial charge in [-0.2, -0.15) is 0 Å². The largest absolute Gasteiger partial charge is 0.486 e. The van der Waals surface area contributed by atoms with Gasteiger partial charge in [-0.25, -0.2) is 8.42 Å². The summed E-state index contributed by atoms with van der Waals surface area (Å²) >= 11 is 6.50. The summed E-state index contributed by atoms with van der Waals surface area (Å²) in [6.07, 6.45) is 0.222. The Morgan fingerprint density at radius 1 is 0.952 bits per heavy atom. The maximum Gasteiger partial charge on any atom is 0.244 e. The number of nitrogens with zero attached hydrogens (tertiary/aromatic N) is 2. The molecule has 9 nitrogen and oxygen atoms in total. The molecule has 3 aromatic rings. The zero-order chi connectivity index (χ0) is 30.3. The lowest BCUT2D eigenvalue weighted by atomic mass is 10.0. The summed E-state index contributed by atoms with van der Waals surface area (Å²) in [5, 5.41) is 3.36. The Morgan fingerprint density at radius 2 is 1.62 bits per heavy atom. The second kappa shape index (κ2) is 13.9. The molecule has 0 unspecified atom stereocenters. The minimum absolute atomic E-state index is 0.00265. The minimum atomic E-state index is -3.91. The van der Waals surface area contributed by atoms with E-state index < -0.39 is 28.5 Å². The highest BCUT2D eigenvalue weighted by Crippen LogP contribution is 2.35. The average Bonchev–Trinajstić information content (AvgIpc) is 2.98. The van der Waals surface area contributed by atoms with E-state index >= 15 is 0 Å². The average molecular weight is 614 g/mol. The molecule has 0 bridgehead atoms. The molecule has 0 radical (unpaired) electrons. The van der Waals surface area contributed by atoms with Crippen molar-refractivity contribution >= 4 is 39.1 Å². The predicted molar refractivity (Wildman–Crippen MR) is 163 cm³/mol. The second-order valence-electron chi connectivity index (χ2n) is 10.2. The van der Waals surface area contributed by atoms with Crippen LogP contribution in [0.1, 0.15) is 31.9 Å². The summed E-state index contributed by atoms with van der Waals surface area (Å²) in [5.74, 6) is -0.242. The molecule has 0 fully saturated rings. The maximum absolute atomic E-state index is 14.3. The molecule has 1 aliphatic heterocycles. The first-order valence-corrected chi connectivity index (χ1v) is 15.8. The van der Waals surface area contributed by atoms with Crippen molar-refractivity contribution in [1.82, 2.24) is 10.2 Å². The van der Waals surface area contributed by atoms with Crippen molar-refractivity contribution in [3.05, 3.63) is 88.9 Å². The van der Waals surface area contributed by atoms with Crippen LogP contribution in [0.2, 0.25) is 5.02 Å². The molecule has 1 atom stereocenters. The number of ether oxygens (including phenoxy) is 2. The van der Waals surface area contributed by atoms with Crippen molar-refractivity contribution in [2.75, 3.05) is 29.8 Å². The zero-order valence-corrected chi connectivity index (χ0v) is 25.5. The van der Waals surface area contributed by atoms with Gasteiger partial charge < -0.3 is 19.7 Å². The summed E-state index contributed by atoms with van der Waals surface area (Å²) in [5.41, 5.74) is 1.74. The van der Waals surface area contributed by atoms with E-state index in [1.54, 1.807) is 42.5 Å². The molecule has 11 heteroatoms. The summed E-state index contributed by atoms with van der Waals surface area (Å²) < 4.78 is 39.0. The van der Waals surface area contributed by atoms with Gasteiger partial charge >= 0.3 is 0 Å². The molecule has 0 spiro atoms. The van der Waals surface area contributed by atoms with Crippen LogP contribution in [0, 0.1) is 0 Å². The van der Waals surface area contributed by atoms with Crippen LogP contribution in [-0.4, -0.2) is 62.7 Å². The van der Waals surface area contributed by atoms with E-state index in [2.05, 4.69) is 5.32 Å². The van der Waals surface area contributed by atoms with Crippen molar-refractivity contribution in [2.24, 2.45) is 0 Å². The number of fused-ring (bicyclic) bond motifs is 1. The van der Waals surface area contributed by atoms with E-state index in [9.17, 15) is 18.0 Å². The Bertz CT molecular complexity index is 1500. The highest BCUT2D eigenvalue weighted by atomic mass is 35.5. The molecule has 4 rings (SSSR count). The zero-order valence-electron chi connectivity index (χ0n) is 24.0. The van der Waals surface area contributed by atoms with Gasteiger partial charge in [0.25, 0.3) is 0 Å². The highest BCUT2D eigenvalue weighted by Gasteiger charge is 2.34.